The Labute approximate surface area is 108 Å². The van der Waals surface area contributed by atoms with Crippen molar-refractivity contribution in [3.63, 3.8) is 0 Å². The van der Waals surface area contributed by atoms with Crippen molar-refractivity contribution in [2.24, 2.45) is 0 Å². The maximum absolute atomic E-state index is 10.7. The molecular weight excluding hydrogens is 248 g/mol. The normalized spacial score (nSPS) is 11.0. The highest BCUT2D eigenvalue weighted by atomic mass is 16.6. The highest BCUT2D eigenvalue weighted by Crippen LogP contribution is 2.22. The minimum atomic E-state index is -0.447. The third-order valence-corrected chi connectivity index (χ3v) is 2.53. The number of non-ortho nitro benzene ring substituents is 1. The van der Waals surface area contributed by atoms with Crippen LogP contribution in [0.2, 0.25) is 0 Å². The van der Waals surface area contributed by atoms with Crippen molar-refractivity contribution in [3.05, 3.63) is 40.1 Å². The monoisotopic (exact) mass is 260 g/mol. The molecule has 0 radical (unpaired) electrons. The van der Waals surface area contributed by atoms with Crippen LogP contribution in [0, 0.1) is 10.1 Å². The molecule has 0 aliphatic heterocycles. The maximum atomic E-state index is 10.7. The number of aromatic amines is 1. The van der Waals surface area contributed by atoms with Gasteiger partial charge < -0.3 is 5.32 Å². The summed E-state index contributed by atoms with van der Waals surface area (Å²) in [4.78, 5) is 21.0. The van der Waals surface area contributed by atoms with Gasteiger partial charge in [0.15, 0.2) is 0 Å². The number of H-pyrrole nitrogens is 1. The van der Waals surface area contributed by atoms with Gasteiger partial charge in [-0.15, -0.1) is 0 Å². The SMILES string of the molecule is CC(=O)NCC=Cc1[nH]nc2ccc([N+](=O)[O-])cc12. The molecule has 0 aliphatic carbocycles. The summed E-state index contributed by atoms with van der Waals surface area (Å²) in [5.74, 6) is -0.116. The lowest BCUT2D eigenvalue weighted by Crippen LogP contribution is -2.19. The summed E-state index contributed by atoms with van der Waals surface area (Å²) in [5, 5.41) is 20.9. The predicted octanol–water partition coefficient (Wildman–Crippen LogP) is 1.62. The average molecular weight is 260 g/mol. The van der Waals surface area contributed by atoms with Gasteiger partial charge in [0.2, 0.25) is 5.91 Å². The van der Waals surface area contributed by atoms with E-state index in [1.807, 2.05) is 0 Å². The van der Waals surface area contributed by atoms with Crippen molar-refractivity contribution < 1.29 is 9.72 Å². The standard InChI is InChI=1S/C12H12N4O3/c1-8(17)13-6-2-3-11-10-7-9(16(18)19)4-5-12(10)15-14-11/h2-5,7H,6H2,1H3,(H,13,17)(H,14,15). The number of hydrogen-bond acceptors (Lipinski definition) is 4. The van der Waals surface area contributed by atoms with E-state index in [9.17, 15) is 14.9 Å². The van der Waals surface area contributed by atoms with Crippen LogP contribution < -0.4 is 5.32 Å². The number of fused-ring (bicyclic) bond motifs is 1. The quantitative estimate of drug-likeness (QED) is 0.644. The zero-order chi connectivity index (χ0) is 13.8. The second kappa shape index (κ2) is 5.30. The van der Waals surface area contributed by atoms with Crippen molar-refractivity contribution in [2.45, 2.75) is 6.92 Å². The van der Waals surface area contributed by atoms with Crippen LogP contribution in [0.1, 0.15) is 12.6 Å². The van der Waals surface area contributed by atoms with E-state index < -0.39 is 4.92 Å². The van der Waals surface area contributed by atoms with Crippen LogP contribution in [0.25, 0.3) is 17.0 Å². The van der Waals surface area contributed by atoms with Crippen LogP contribution in [0.15, 0.2) is 24.3 Å². The number of amides is 1. The molecule has 0 bridgehead atoms. The molecule has 0 spiro atoms. The van der Waals surface area contributed by atoms with Gasteiger partial charge in [-0.3, -0.25) is 20.0 Å². The largest absolute Gasteiger partial charge is 0.353 e. The van der Waals surface area contributed by atoms with Gasteiger partial charge in [-0.2, -0.15) is 5.10 Å². The number of nitro benzene ring substituents is 1. The lowest BCUT2D eigenvalue weighted by Gasteiger charge is -1.95. The Kier molecular flexibility index (Phi) is 3.56. The van der Waals surface area contributed by atoms with E-state index >= 15 is 0 Å². The first kappa shape index (κ1) is 12.7. The van der Waals surface area contributed by atoms with Gasteiger partial charge in [-0.05, 0) is 12.1 Å². The number of rotatable bonds is 4. The fourth-order valence-electron chi connectivity index (χ4n) is 1.64. The molecule has 1 heterocycles. The molecule has 0 fully saturated rings. The smallest absolute Gasteiger partial charge is 0.270 e. The van der Waals surface area contributed by atoms with E-state index in [0.29, 0.717) is 23.1 Å². The molecule has 98 valence electrons. The minimum absolute atomic E-state index is 0.0189. The summed E-state index contributed by atoms with van der Waals surface area (Å²) in [7, 11) is 0. The second-order valence-electron chi connectivity index (χ2n) is 3.94. The van der Waals surface area contributed by atoms with Gasteiger partial charge in [0.1, 0.15) is 0 Å². The second-order valence-corrected chi connectivity index (χ2v) is 3.94. The molecule has 2 aromatic rings. The Morgan fingerprint density at radius 2 is 2.37 bits per heavy atom. The maximum Gasteiger partial charge on any atom is 0.270 e. The number of nitrogens with one attached hydrogen (secondary N) is 2. The van der Waals surface area contributed by atoms with Gasteiger partial charge >= 0.3 is 0 Å². The van der Waals surface area contributed by atoms with Crippen molar-refractivity contribution in [1.82, 2.24) is 15.5 Å². The highest BCUT2D eigenvalue weighted by molar-refractivity contribution is 5.88. The number of aromatic nitrogens is 2. The molecule has 1 amide bonds. The number of hydrogen-bond donors (Lipinski definition) is 2. The molecule has 0 saturated carbocycles. The summed E-state index contributed by atoms with van der Waals surface area (Å²) in [5.41, 5.74) is 1.35. The average Bonchev–Trinajstić information content (AvgIpc) is 2.76. The first-order chi connectivity index (χ1) is 9.08. The molecular formula is C12H12N4O3. The summed E-state index contributed by atoms with van der Waals surface area (Å²) in [6.45, 7) is 1.83. The van der Waals surface area contributed by atoms with Gasteiger partial charge in [-0.25, -0.2) is 0 Å². The van der Waals surface area contributed by atoms with Crippen molar-refractivity contribution in [1.29, 1.82) is 0 Å². The first-order valence-electron chi connectivity index (χ1n) is 5.61. The van der Waals surface area contributed by atoms with E-state index in [2.05, 4.69) is 15.5 Å². The molecule has 2 N–H and O–H groups in total. The van der Waals surface area contributed by atoms with Gasteiger partial charge in [0, 0.05) is 31.0 Å². The van der Waals surface area contributed by atoms with Crippen molar-refractivity contribution in [3.8, 4) is 0 Å². The summed E-state index contributed by atoms with van der Waals surface area (Å²) in [6.07, 6.45) is 3.47. The molecule has 1 aromatic heterocycles. The molecule has 2 rings (SSSR count). The van der Waals surface area contributed by atoms with Crippen LogP contribution in [0.3, 0.4) is 0 Å². The van der Waals surface area contributed by atoms with Crippen LogP contribution in [-0.2, 0) is 4.79 Å². The van der Waals surface area contributed by atoms with Crippen LogP contribution in [-0.4, -0.2) is 27.6 Å². The Morgan fingerprint density at radius 3 is 3.05 bits per heavy atom. The molecule has 19 heavy (non-hydrogen) atoms. The van der Waals surface area contributed by atoms with E-state index in [1.165, 1.54) is 19.1 Å². The predicted molar refractivity (Wildman–Crippen MR) is 70.5 cm³/mol. The van der Waals surface area contributed by atoms with E-state index in [1.54, 1.807) is 18.2 Å². The Balaban J connectivity index is 2.25. The van der Waals surface area contributed by atoms with Crippen molar-refractivity contribution in [2.75, 3.05) is 6.54 Å². The molecule has 0 saturated heterocycles. The number of nitro groups is 1. The Bertz CT molecular complexity index is 660. The molecule has 0 atom stereocenters. The van der Waals surface area contributed by atoms with E-state index in [0.717, 1.165) is 0 Å². The molecule has 1 aromatic carbocycles. The van der Waals surface area contributed by atoms with Crippen LogP contribution >= 0.6 is 0 Å². The fraction of sp³-hybridized carbons (Fsp3) is 0.167. The molecule has 0 unspecified atom stereocenters. The lowest BCUT2D eigenvalue weighted by molar-refractivity contribution is -0.384. The summed E-state index contributed by atoms with van der Waals surface area (Å²) in [6, 6.07) is 4.47. The third-order valence-electron chi connectivity index (χ3n) is 2.53. The van der Waals surface area contributed by atoms with Crippen LogP contribution in [0.5, 0.6) is 0 Å². The minimum Gasteiger partial charge on any atom is -0.353 e. The zero-order valence-corrected chi connectivity index (χ0v) is 10.2. The summed E-state index contributed by atoms with van der Waals surface area (Å²) >= 11 is 0. The Hall–Kier alpha value is -2.70. The number of carbonyl (C=O) groups is 1. The summed E-state index contributed by atoms with van der Waals surface area (Å²) < 4.78 is 0. The number of nitrogens with zero attached hydrogens (tertiary/aromatic N) is 2. The topological polar surface area (TPSA) is 101 Å². The van der Waals surface area contributed by atoms with Crippen molar-refractivity contribution >= 4 is 28.6 Å². The van der Waals surface area contributed by atoms with Crippen LogP contribution in [0.4, 0.5) is 5.69 Å². The molecule has 7 heteroatoms. The van der Waals surface area contributed by atoms with E-state index in [4.69, 9.17) is 0 Å². The Morgan fingerprint density at radius 1 is 1.58 bits per heavy atom. The third kappa shape index (κ3) is 2.95. The fourth-order valence-corrected chi connectivity index (χ4v) is 1.64. The van der Waals surface area contributed by atoms with Gasteiger partial charge in [0.05, 0.1) is 16.1 Å². The lowest BCUT2D eigenvalue weighted by atomic mass is 10.2. The zero-order valence-electron chi connectivity index (χ0n) is 10.2. The molecule has 0 aliphatic rings. The first-order valence-corrected chi connectivity index (χ1v) is 5.61. The number of carbonyl (C=O) groups excluding carboxylic acids is 1. The molecule has 7 nitrogen and oxygen atoms in total. The van der Waals surface area contributed by atoms with E-state index in [-0.39, 0.29) is 11.6 Å². The highest BCUT2D eigenvalue weighted by Gasteiger charge is 2.09. The van der Waals surface area contributed by atoms with Gasteiger partial charge in [-0.1, -0.05) is 6.08 Å². The van der Waals surface area contributed by atoms with Gasteiger partial charge in [0.25, 0.3) is 5.69 Å². The number of benzene rings is 1.